The van der Waals surface area contributed by atoms with Crippen molar-refractivity contribution in [3.05, 3.63) is 0 Å². The Morgan fingerprint density at radius 2 is 2.40 bits per heavy atom. The number of hydrogen-bond donors (Lipinski definition) is 0. The first-order valence-corrected chi connectivity index (χ1v) is 5.34. The fourth-order valence-corrected chi connectivity index (χ4v) is 2.42. The van der Waals surface area contributed by atoms with Crippen LogP contribution >= 0.6 is 0 Å². The van der Waals surface area contributed by atoms with E-state index in [0.29, 0.717) is 25.8 Å². The van der Waals surface area contributed by atoms with Gasteiger partial charge in [-0.15, -0.1) is 0 Å². The number of carbonyl (C=O) groups is 1. The molecule has 86 valence electrons. The van der Waals surface area contributed by atoms with Crippen LogP contribution in [-0.4, -0.2) is 55.4 Å². The molecule has 2 saturated heterocycles. The van der Waals surface area contributed by atoms with E-state index in [0.717, 1.165) is 6.54 Å². The maximum absolute atomic E-state index is 11.6. The summed E-state index contributed by atoms with van der Waals surface area (Å²) in [6, 6.07) is 0.293. The van der Waals surface area contributed by atoms with E-state index in [2.05, 4.69) is 6.92 Å². The first-order valence-electron chi connectivity index (χ1n) is 5.34. The number of hydroxylamine groups is 2. The van der Waals surface area contributed by atoms with Gasteiger partial charge in [-0.1, -0.05) is 6.92 Å². The summed E-state index contributed by atoms with van der Waals surface area (Å²) < 4.78 is 5.00. The van der Waals surface area contributed by atoms with Crippen molar-refractivity contribution in [1.29, 1.82) is 0 Å². The Hall–Kier alpha value is -0.810. The minimum Gasteiger partial charge on any atom is -0.450 e. The standard InChI is InChI=1S/C10H18N2O3/c1-4-14-9(13)12-5-8-10(2,6-12)7-15-11(8)3/h8H,4-7H2,1-3H3. The van der Waals surface area contributed by atoms with E-state index < -0.39 is 0 Å². The van der Waals surface area contributed by atoms with Crippen molar-refractivity contribution in [2.45, 2.75) is 19.9 Å². The highest BCUT2D eigenvalue weighted by molar-refractivity contribution is 5.68. The number of ether oxygens (including phenoxy) is 1. The molecule has 0 bridgehead atoms. The molecule has 0 aromatic carbocycles. The summed E-state index contributed by atoms with van der Waals surface area (Å²) in [7, 11) is 1.92. The van der Waals surface area contributed by atoms with E-state index in [-0.39, 0.29) is 11.5 Å². The van der Waals surface area contributed by atoms with Gasteiger partial charge in [0.15, 0.2) is 0 Å². The van der Waals surface area contributed by atoms with E-state index >= 15 is 0 Å². The van der Waals surface area contributed by atoms with Crippen LogP contribution in [0.2, 0.25) is 0 Å². The molecular formula is C10H18N2O3. The van der Waals surface area contributed by atoms with Gasteiger partial charge in [0.05, 0.1) is 19.3 Å². The molecule has 2 aliphatic rings. The monoisotopic (exact) mass is 214 g/mol. The van der Waals surface area contributed by atoms with Crippen molar-refractivity contribution in [2.24, 2.45) is 5.41 Å². The Bertz CT molecular complexity index is 271. The van der Waals surface area contributed by atoms with Gasteiger partial charge in [0, 0.05) is 25.6 Å². The second kappa shape index (κ2) is 3.64. The molecule has 5 heteroatoms. The smallest absolute Gasteiger partial charge is 0.409 e. The summed E-state index contributed by atoms with van der Waals surface area (Å²) in [5.74, 6) is 0. The van der Waals surface area contributed by atoms with Crippen molar-refractivity contribution in [3.8, 4) is 0 Å². The fraction of sp³-hybridized carbons (Fsp3) is 0.900. The third kappa shape index (κ3) is 1.70. The van der Waals surface area contributed by atoms with Crippen LogP contribution in [0.3, 0.4) is 0 Å². The number of hydrogen-bond acceptors (Lipinski definition) is 4. The average Bonchev–Trinajstić information content (AvgIpc) is 2.65. The van der Waals surface area contributed by atoms with Gasteiger partial charge in [0.2, 0.25) is 0 Å². The van der Waals surface area contributed by atoms with Crippen molar-refractivity contribution in [3.63, 3.8) is 0 Å². The molecule has 5 nitrogen and oxygen atoms in total. The Morgan fingerprint density at radius 1 is 1.67 bits per heavy atom. The van der Waals surface area contributed by atoms with E-state index in [1.54, 1.807) is 4.90 Å². The predicted octanol–water partition coefficient (Wildman–Crippen LogP) is 0.710. The van der Waals surface area contributed by atoms with Gasteiger partial charge in [-0.05, 0) is 6.92 Å². The Labute approximate surface area is 89.9 Å². The number of fused-ring (bicyclic) bond motifs is 1. The molecule has 0 saturated carbocycles. The molecule has 2 heterocycles. The van der Waals surface area contributed by atoms with Crippen molar-refractivity contribution in [2.75, 3.05) is 33.4 Å². The molecule has 15 heavy (non-hydrogen) atoms. The summed E-state index contributed by atoms with van der Waals surface area (Å²) in [6.45, 7) is 6.52. The van der Waals surface area contributed by atoms with Crippen LogP contribution in [-0.2, 0) is 9.57 Å². The van der Waals surface area contributed by atoms with E-state index in [4.69, 9.17) is 9.57 Å². The highest BCUT2D eigenvalue weighted by atomic mass is 16.7. The molecule has 0 radical (unpaired) electrons. The lowest BCUT2D eigenvalue weighted by Crippen LogP contribution is -2.35. The summed E-state index contributed by atoms with van der Waals surface area (Å²) in [4.78, 5) is 18.8. The molecule has 0 aromatic heterocycles. The van der Waals surface area contributed by atoms with Crippen LogP contribution < -0.4 is 0 Å². The van der Waals surface area contributed by atoms with Gasteiger partial charge < -0.3 is 9.64 Å². The second-order valence-corrected chi connectivity index (χ2v) is 4.57. The van der Waals surface area contributed by atoms with Crippen LogP contribution in [0.4, 0.5) is 4.79 Å². The van der Waals surface area contributed by atoms with Crippen LogP contribution in [0.1, 0.15) is 13.8 Å². The Kier molecular flexibility index (Phi) is 2.60. The fourth-order valence-electron chi connectivity index (χ4n) is 2.42. The Balaban J connectivity index is 2.02. The third-order valence-corrected chi connectivity index (χ3v) is 3.31. The number of likely N-dealkylation sites (tertiary alicyclic amines) is 1. The first-order chi connectivity index (χ1) is 7.07. The summed E-state index contributed by atoms with van der Waals surface area (Å²) in [5, 5.41) is 1.86. The van der Waals surface area contributed by atoms with Gasteiger partial charge in [0.1, 0.15) is 0 Å². The minimum absolute atomic E-state index is 0.0571. The molecular weight excluding hydrogens is 196 g/mol. The lowest BCUT2D eigenvalue weighted by molar-refractivity contribution is -0.112. The lowest BCUT2D eigenvalue weighted by Gasteiger charge is -2.20. The van der Waals surface area contributed by atoms with Gasteiger partial charge in [-0.25, -0.2) is 4.79 Å². The van der Waals surface area contributed by atoms with Crippen molar-refractivity contribution >= 4 is 6.09 Å². The van der Waals surface area contributed by atoms with E-state index in [1.165, 1.54) is 0 Å². The number of likely N-dealkylation sites (N-methyl/N-ethyl adjacent to an activating group) is 1. The van der Waals surface area contributed by atoms with Crippen LogP contribution in [0, 0.1) is 5.41 Å². The molecule has 1 amide bonds. The zero-order valence-corrected chi connectivity index (χ0v) is 9.52. The molecule has 2 atom stereocenters. The van der Waals surface area contributed by atoms with Crippen LogP contribution in [0.25, 0.3) is 0 Å². The largest absolute Gasteiger partial charge is 0.450 e. The maximum Gasteiger partial charge on any atom is 0.409 e. The van der Waals surface area contributed by atoms with Crippen molar-refractivity contribution in [1.82, 2.24) is 9.96 Å². The quantitative estimate of drug-likeness (QED) is 0.644. The number of amides is 1. The highest BCUT2D eigenvalue weighted by Crippen LogP contribution is 2.38. The molecule has 0 aliphatic carbocycles. The van der Waals surface area contributed by atoms with E-state index in [9.17, 15) is 4.79 Å². The zero-order valence-electron chi connectivity index (χ0n) is 9.52. The van der Waals surface area contributed by atoms with Gasteiger partial charge in [0.25, 0.3) is 0 Å². The van der Waals surface area contributed by atoms with Gasteiger partial charge in [-0.3, -0.25) is 4.84 Å². The van der Waals surface area contributed by atoms with Crippen LogP contribution in [0.15, 0.2) is 0 Å². The maximum atomic E-state index is 11.6. The van der Waals surface area contributed by atoms with Gasteiger partial charge >= 0.3 is 6.09 Å². The first kappa shape index (κ1) is 10.7. The molecule has 0 N–H and O–H groups in total. The number of rotatable bonds is 1. The molecule has 2 fully saturated rings. The Morgan fingerprint density at radius 3 is 3.00 bits per heavy atom. The highest BCUT2D eigenvalue weighted by Gasteiger charge is 2.52. The molecule has 0 spiro atoms. The summed E-state index contributed by atoms with van der Waals surface area (Å²) >= 11 is 0. The molecule has 2 rings (SSSR count). The zero-order chi connectivity index (χ0) is 11.1. The lowest BCUT2D eigenvalue weighted by atomic mass is 9.87. The SMILES string of the molecule is CCOC(=O)N1CC2N(C)OCC2(C)C1. The predicted molar refractivity (Wildman–Crippen MR) is 54.2 cm³/mol. The summed E-state index contributed by atoms with van der Waals surface area (Å²) in [5.41, 5.74) is 0.0571. The second-order valence-electron chi connectivity index (χ2n) is 4.57. The van der Waals surface area contributed by atoms with Gasteiger partial charge in [-0.2, -0.15) is 5.06 Å². The van der Waals surface area contributed by atoms with E-state index in [1.807, 2.05) is 19.0 Å². The molecule has 2 unspecified atom stereocenters. The normalized spacial score (nSPS) is 35.7. The molecule has 0 aromatic rings. The minimum atomic E-state index is -0.207. The number of carbonyl (C=O) groups excluding carboxylic acids is 1. The number of nitrogens with zero attached hydrogens (tertiary/aromatic N) is 2. The summed E-state index contributed by atoms with van der Waals surface area (Å²) in [6.07, 6.45) is -0.207. The average molecular weight is 214 g/mol. The van der Waals surface area contributed by atoms with Crippen LogP contribution in [0.5, 0.6) is 0 Å². The topological polar surface area (TPSA) is 42.0 Å². The third-order valence-electron chi connectivity index (χ3n) is 3.31. The molecule has 2 aliphatic heterocycles. The van der Waals surface area contributed by atoms with Crippen molar-refractivity contribution < 1.29 is 14.4 Å².